The van der Waals surface area contributed by atoms with Crippen molar-refractivity contribution >= 4 is 5.97 Å². The van der Waals surface area contributed by atoms with Crippen molar-refractivity contribution in [1.82, 2.24) is 4.98 Å². The van der Waals surface area contributed by atoms with Crippen LogP contribution in [0.15, 0.2) is 28.7 Å². The highest BCUT2D eigenvalue weighted by Crippen LogP contribution is 2.27. The van der Waals surface area contributed by atoms with Crippen LogP contribution in [0.2, 0.25) is 0 Å². The molecule has 0 spiro atoms. The maximum atomic E-state index is 11.2. The summed E-state index contributed by atoms with van der Waals surface area (Å²) in [5, 5.41) is 9.22. The number of methoxy groups -OCH3 is 1. The van der Waals surface area contributed by atoms with Gasteiger partial charge in [-0.15, -0.1) is 0 Å². The molecule has 1 unspecified atom stereocenters. The molecule has 2 aromatic rings. The maximum Gasteiger partial charge on any atom is 0.311 e. The lowest BCUT2D eigenvalue weighted by molar-refractivity contribution is -0.148. The first-order valence-electron chi connectivity index (χ1n) is 10.4. The minimum absolute atomic E-state index is 0.00344. The average molecular weight is 418 g/mol. The topological polar surface area (TPSA) is 91.0 Å². The lowest BCUT2D eigenvalue weighted by Gasteiger charge is -2.29. The zero-order valence-corrected chi connectivity index (χ0v) is 17.9. The van der Waals surface area contributed by atoms with Crippen LogP contribution in [-0.2, 0) is 25.6 Å². The van der Waals surface area contributed by atoms with Crippen molar-refractivity contribution in [3.05, 3.63) is 41.3 Å². The van der Waals surface area contributed by atoms with Crippen molar-refractivity contribution in [3.63, 3.8) is 0 Å². The SMILES string of the molecule is COCC(CO[C@@H]1CCC[C@H](OCc2nc(-c3cccc(C)c3)oc2C)C1)C(=O)O. The highest BCUT2D eigenvalue weighted by atomic mass is 16.5. The molecule has 1 aromatic heterocycles. The molecule has 1 aromatic carbocycles. The molecule has 30 heavy (non-hydrogen) atoms. The molecule has 1 heterocycles. The molecule has 0 bridgehead atoms. The third kappa shape index (κ3) is 6.14. The number of oxazole rings is 1. The summed E-state index contributed by atoms with van der Waals surface area (Å²) >= 11 is 0. The summed E-state index contributed by atoms with van der Waals surface area (Å²) in [6.07, 6.45) is 3.68. The van der Waals surface area contributed by atoms with Gasteiger partial charge in [0.1, 0.15) is 17.4 Å². The zero-order chi connectivity index (χ0) is 21.5. The second kappa shape index (κ2) is 10.7. The number of ether oxygens (including phenoxy) is 3. The summed E-state index contributed by atoms with van der Waals surface area (Å²) in [4.78, 5) is 15.9. The highest BCUT2D eigenvalue weighted by molar-refractivity contribution is 5.70. The van der Waals surface area contributed by atoms with Gasteiger partial charge in [-0.3, -0.25) is 4.79 Å². The van der Waals surface area contributed by atoms with E-state index in [1.165, 1.54) is 7.11 Å². The van der Waals surface area contributed by atoms with E-state index in [-0.39, 0.29) is 25.4 Å². The third-order valence-electron chi connectivity index (χ3n) is 5.44. The predicted octanol–water partition coefficient (Wildman–Crippen LogP) is 4.15. The third-order valence-corrected chi connectivity index (χ3v) is 5.44. The van der Waals surface area contributed by atoms with Crippen molar-refractivity contribution in [2.24, 2.45) is 5.92 Å². The number of aromatic nitrogens is 1. The molecule has 1 saturated carbocycles. The fourth-order valence-corrected chi connectivity index (χ4v) is 3.71. The van der Waals surface area contributed by atoms with Crippen LogP contribution >= 0.6 is 0 Å². The van der Waals surface area contributed by atoms with Crippen LogP contribution in [0.5, 0.6) is 0 Å². The molecule has 0 aliphatic heterocycles. The number of carbonyl (C=O) groups is 1. The standard InChI is InChI=1S/C23H31NO6/c1-15-6-4-7-17(10-15)22-24-21(16(2)30-22)14-29-20-9-5-8-19(11-20)28-13-18(12-27-3)23(25)26/h4,6-7,10,18-20H,5,8-9,11-14H2,1-3H3,(H,25,26)/t18?,19-,20+/m1/s1. The molecule has 1 N–H and O–H groups in total. The molecule has 0 radical (unpaired) electrons. The minimum atomic E-state index is -0.897. The van der Waals surface area contributed by atoms with Crippen LogP contribution in [0.1, 0.15) is 42.7 Å². The van der Waals surface area contributed by atoms with Crippen LogP contribution in [0.25, 0.3) is 11.5 Å². The molecule has 1 aliphatic carbocycles. The second-order valence-electron chi connectivity index (χ2n) is 7.94. The highest BCUT2D eigenvalue weighted by Gasteiger charge is 2.26. The van der Waals surface area contributed by atoms with Gasteiger partial charge in [0, 0.05) is 12.7 Å². The summed E-state index contributed by atoms with van der Waals surface area (Å²) in [5.41, 5.74) is 2.92. The Labute approximate surface area is 177 Å². The number of carboxylic acids is 1. The number of rotatable bonds is 10. The van der Waals surface area contributed by atoms with Crippen LogP contribution < -0.4 is 0 Å². The van der Waals surface area contributed by atoms with E-state index in [0.717, 1.165) is 48.3 Å². The molecule has 7 heteroatoms. The van der Waals surface area contributed by atoms with Gasteiger partial charge in [-0.25, -0.2) is 4.98 Å². The predicted molar refractivity (Wildman–Crippen MR) is 111 cm³/mol. The van der Waals surface area contributed by atoms with Crippen molar-refractivity contribution in [2.45, 2.75) is 58.3 Å². The summed E-state index contributed by atoms with van der Waals surface area (Å²) in [6.45, 7) is 4.64. The van der Waals surface area contributed by atoms with Crippen LogP contribution in [0.4, 0.5) is 0 Å². The Morgan fingerprint density at radius 3 is 2.70 bits per heavy atom. The van der Waals surface area contributed by atoms with E-state index in [4.69, 9.17) is 18.6 Å². The Morgan fingerprint density at radius 2 is 2.00 bits per heavy atom. The summed E-state index contributed by atoms with van der Waals surface area (Å²) < 4.78 is 22.8. The van der Waals surface area contributed by atoms with Crippen LogP contribution in [-0.4, -0.2) is 48.6 Å². The van der Waals surface area contributed by atoms with Crippen LogP contribution in [0.3, 0.4) is 0 Å². The molecule has 3 rings (SSSR count). The summed E-state index contributed by atoms with van der Waals surface area (Å²) in [7, 11) is 1.50. The summed E-state index contributed by atoms with van der Waals surface area (Å²) in [6, 6.07) is 8.07. The second-order valence-corrected chi connectivity index (χ2v) is 7.94. The van der Waals surface area contributed by atoms with E-state index >= 15 is 0 Å². The fraction of sp³-hybridized carbons (Fsp3) is 0.565. The van der Waals surface area contributed by atoms with Gasteiger partial charge in [0.25, 0.3) is 0 Å². The Hall–Kier alpha value is -2.22. The normalized spacial score (nSPS) is 20.2. The van der Waals surface area contributed by atoms with Gasteiger partial charge in [0.15, 0.2) is 0 Å². The van der Waals surface area contributed by atoms with Crippen molar-refractivity contribution in [2.75, 3.05) is 20.3 Å². The fourth-order valence-electron chi connectivity index (χ4n) is 3.71. The number of carboxylic acid groups (broad SMARTS) is 1. The monoisotopic (exact) mass is 417 g/mol. The molecule has 7 nitrogen and oxygen atoms in total. The quantitative estimate of drug-likeness (QED) is 0.621. The minimum Gasteiger partial charge on any atom is -0.481 e. The van der Waals surface area contributed by atoms with Crippen molar-refractivity contribution in [3.8, 4) is 11.5 Å². The van der Waals surface area contributed by atoms with E-state index in [1.807, 2.05) is 38.1 Å². The van der Waals surface area contributed by atoms with E-state index in [2.05, 4.69) is 4.98 Å². The van der Waals surface area contributed by atoms with Gasteiger partial charge in [-0.05, 0) is 51.7 Å². The number of benzene rings is 1. The van der Waals surface area contributed by atoms with Gasteiger partial charge < -0.3 is 23.7 Å². The Bertz CT molecular complexity index is 833. The average Bonchev–Trinajstić information content (AvgIpc) is 3.10. The van der Waals surface area contributed by atoms with Crippen molar-refractivity contribution < 1.29 is 28.5 Å². The maximum absolute atomic E-state index is 11.2. The summed E-state index contributed by atoms with van der Waals surface area (Å²) in [5.74, 6) is -0.169. The first-order valence-corrected chi connectivity index (χ1v) is 10.4. The van der Waals surface area contributed by atoms with E-state index in [0.29, 0.717) is 12.5 Å². The molecule has 1 aliphatic rings. The lowest BCUT2D eigenvalue weighted by atomic mass is 9.94. The van der Waals surface area contributed by atoms with Gasteiger partial charge in [-0.2, -0.15) is 0 Å². The Balaban J connectivity index is 1.51. The Morgan fingerprint density at radius 1 is 1.23 bits per heavy atom. The number of hydrogen-bond donors (Lipinski definition) is 1. The first kappa shape index (κ1) is 22.5. The zero-order valence-electron chi connectivity index (χ0n) is 17.9. The largest absolute Gasteiger partial charge is 0.481 e. The smallest absolute Gasteiger partial charge is 0.311 e. The molecule has 0 saturated heterocycles. The van der Waals surface area contributed by atoms with Crippen LogP contribution in [0, 0.1) is 19.8 Å². The van der Waals surface area contributed by atoms with Gasteiger partial charge in [-0.1, -0.05) is 17.7 Å². The lowest BCUT2D eigenvalue weighted by Crippen LogP contribution is -2.32. The Kier molecular flexibility index (Phi) is 8.01. The van der Waals surface area contributed by atoms with E-state index < -0.39 is 11.9 Å². The van der Waals surface area contributed by atoms with Crippen molar-refractivity contribution in [1.29, 1.82) is 0 Å². The molecule has 0 amide bonds. The number of aliphatic carboxylic acids is 1. The molecule has 1 fully saturated rings. The number of hydrogen-bond acceptors (Lipinski definition) is 6. The van der Waals surface area contributed by atoms with E-state index in [1.54, 1.807) is 0 Å². The van der Waals surface area contributed by atoms with E-state index in [9.17, 15) is 9.90 Å². The molecular formula is C23H31NO6. The first-order chi connectivity index (χ1) is 14.5. The number of nitrogens with zero attached hydrogens (tertiary/aromatic N) is 1. The molecule has 3 atom stereocenters. The molecule has 164 valence electrons. The number of aryl methyl sites for hydroxylation is 2. The van der Waals surface area contributed by atoms with Gasteiger partial charge in [0.2, 0.25) is 5.89 Å². The molecular weight excluding hydrogens is 386 g/mol. The van der Waals surface area contributed by atoms with Gasteiger partial charge in [0.05, 0.1) is 32.0 Å². The van der Waals surface area contributed by atoms with Gasteiger partial charge >= 0.3 is 5.97 Å².